The minimum absolute atomic E-state index is 0. The molecule has 0 radical (unpaired) electrons. The van der Waals surface area contributed by atoms with E-state index in [-0.39, 0.29) is 54.1 Å². The van der Waals surface area contributed by atoms with Crippen molar-refractivity contribution < 1.29 is 98.5 Å². The maximum Gasteiger partial charge on any atom is 1.00 e. The van der Waals surface area contributed by atoms with E-state index in [1.165, 1.54) is 13.2 Å². The molecule has 574 valence electrons. The first kappa shape index (κ1) is 88.9. The van der Waals surface area contributed by atoms with Gasteiger partial charge in [0.2, 0.25) is 0 Å². The topological polar surface area (TPSA) is 499 Å². The molecule has 1 amide bonds. The van der Waals surface area contributed by atoms with E-state index in [4.69, 9.17) is 22.3 Å². The third kappa shape index (κ3) is 29.1. The minimum Gasteiger partial charge on any atom is -1.00 e. The summed E-state index contributed by atoms with van der Waals surface area (Å²) >= 11 is 0. The van der Waals surface area contributed by atoms with E-state index in [1.807, 2.05) is 206 Å². The molecule has 0 fully saturated rings. The van der Waals surface area contributed by atoms with Crippen molar-refractivity contribution in [1.29, 1.82) is 0 Å². The zero-order chi connectivity index (χ0) is 81.2. The molecule has 31 heteroatoms. The van der Waals surface area contributed by atoms with Crippen LogP contribution in [0, 0.1) is 0 Å². The van der Waals surface area contributed by atoms with Crippen LogP contribution in [0.5, 0.6) is 0 Å². The standard InChI is InChI=1S/C16H14N4O.C16H12N4.C11H10N2O2.C11H10O4.C10H8N2O2.C8H8O.C6H8N2.C4H6O4.H4N2.Na.H/c17-12-8-4-5-9-13(12)18-16(21)15-10-14(19-20-15)11-6-2-1-3-7-11;1-2-6-11(7-3-1)14-10-15(20-19-14)16-17-12-8-4-5-9-13(12)18-16;1-15-11(14)10-7-9(12-13-10)8-5-3-2-4-6-8;1-15-11(14)10(13)7-9(12)8-5-3-2-4-6-8;13-10(14)9-6-8(11-12-9)7-4-2-1-3-5-7;1-7(9)8-5-3-2-4-6-8;7-5-3-1-2-4-6(5)8;1-7-3(5)4(6)8-2;1-2;;/h1-10H,17H2,(H,18,21)(H,19,20);1-10H,(H,17,18)(H,19,20);2-7H,1H3,(H,12,13);2-7,12H,1H3;1-6H,(H,11,12)(H,13,14);2-6H,1H3;1-4H,7-8H2;1-2H3;1-2H2;;/q;;;;;;;;;+1;-1/b;;;9-7-;;;;;;;. The van der Waals surface area contributed by atoms with Gasteiger partial charge in [0.05, 0.1) is 85.0 Å². The van der Waals surface area contributed by atoms with E-state index in [1.54, 1.807) is 73.7 Å². The molecule has 0 aliphatic rings. The predicted molar refractivity (Wildman–Crippen MR) is 428 cm³/mol. The number of para-hydroxylation sites is 6. The largest absolute Gasteiger partial charge is 1.00 e. The van der Waals surface area contributed by atoms with Gasteiger partial charge in [-0.05, 0) is 67.6 Å². The summed E-state index contributed by atoms with van der Waals surface area (Å²) in [6.45, 7) is 1.56. The molecular formula is C82H81N16NaO14. The molecule has 0 saturated carbocycles. The van der Waals surface area contributed by atoms with Crippen molar-refractivity contribution >= 4 is 86.9 Å². The molecule has 30 nitrogen and oxygen atoms in total. The van der Waals surface area contributed by atoms with Crippen LogP contribution in [0.3, 0.4) is 0 Å². The number of imidazole rings is 1. The van der Waals surface area contributed by atoms with Crippen molar-refractivity contribution in [3.8, 4) is 56.5 Å². The molecule has 18 N–H and O–H groups in total. The van der Waals surface area contributed by atoms with Gasteiger partial charge >= 0.3 is 59.4 Å². The number of carboxylic acid groups (broad SMARTS) is 1. The van der Waals surface area contributed by atoms with Crippen molar-refractivity contribution in [1.82, 2.24) is 50.8 Å². The maximum atomic E-state index is 12.2. The van der Waals surface area contributed by atoms with E-state index >= 15 is 0 Å². The van der Waals surface area contributed by atoms with Crippen LogP contribution in [0.1, 0.15) is 55.7 Å². The number of nitrogens with two attached hydrogens (primary N) is 5. The van der Waals surface area contributed by atoms with E-state index in [0.717, 1.165) is 94.9 Å². The van der Waals surface area contributed by atoms with Crippen LogP contribution in [0.15, 0.2) is 285 Å². The summed E-state index contributed by atoms with van der Waals surface area (Å²) in [6.07, 6.45) is 0.834. The van der Waals surface area contributed by atoms with Crippen LogP contribution in [-0.2, 0) is 38.1 Å². The quantitative estimate of drug-likeness (QED) is 0.00488. The van der Waals surface area contributed by atoms with E-state index in [0.29, 0.717) is 45.4 Å². The Bertz CT molecular complexity index is 5260. The number of methoxy groups -OCH3 is 4. The number of carbonyl (C=O) groups is 8. The summed E-state index contributed by atoms with van der Waals surface area (Å²) in [5, 5.41) is 48.2. The summed E-state index contributed by atoms with van der Waals surface area (Å²) in [6, 6.07) is 85.7. The molecule has 14 aromatic rings. The molecule has 0 bridgehead atoms. The Balaban J connectivity index is 0.000000279. The number of esters is 4. The fourth-order valence-electron chi connectivity index (χ4n) is 9.08. The number of fused-ring (bicyclic) bond motifs is 1. The third-order valence-corrected chi connectivity index (χ3v) is 14.8. The monoisotopic (exact) mass is 1540 g/mol. The molecule has 0 atom stereocenters. The number of hydrazine groups is 1. The van der Waals surface area contributed by atoms with Crippen LogP contribution >= 0.6 is 0 Å². The zero-order valence-electron chi connectivity index (χ0n) is 63.1. The number of aromatic carboxylic acids is 1. The maximum absolute atomic E-state index is 12.2. The average Bonchev–Trinajstić information content (AvgIpc) is 1.66. The second-order valence-corrected chi connectivity index (χ2v) is 22.4. The van der Waals surface area contributed by atoms with Gasteiger partial charge in [-0.3, -0.25) is 46.5 Å². The Morgan fingerprint density at radius 2 is 0.779 bits per heavy atom. The summed E-state index contributed by atoms with van der Waals surface area (Å²) in [4.78, 5) is 94.3. The number of aliphatic hydroxyl groups excluding tert-OH is 1. The Labute approximate surface area is 671 Å². The van der Waals surface area contributed by atoms with Gasteiger partial charge in [0.15, 0.2) is 11.6 Å². The number of carboxylic acids is 1. The number of nitrogens with zero attached hydrogens (tertiary/aromatic N) is 5. The van der Waals surface area contributed by atoms with Gasteiger partial charge in [0, 0.05) is 39.5 Å². The summed E-state index contributed by atoms with van der Waals surface area (Å²) in [5.41, 5.74) is 30.9. The fourth-order valence-corrected chi connectivity index (χ4v) is 9.08. The summed E-state index contributed by atoms with van der Waals surface area (Å²) in [5.74, 6) is 3.13. The van der Waals surface area contributed by atoms with Crippen molar-refractivity contribution in [2.45, 2.75) is 6.92 Å². The number of Topliss-reactive ketones (excluding diaryl/α,β-unsaturated/α-hetero) is 1. The van der Waals surface area contributed by atoms with Gasteiger partial charge in [-0.15, -0.1) is 0 Å². The number of nitrogen functional groups attached to an aromatic ring is 3. The van der Waals surface area contributed by atoms with Crippen LogP contribution in [0.2, 0.25) is 0 Å². The van der Waals surface area contributed by atoms with Gasteiger partial charge < -0.3 is 58.1 Å². The molecule has 5 aromatic heterocycles. The SMILES string of the molecule is CC(=O)c1ccccc1.COC(=O)C(=O)/C=C(\O)c1ccccc1.COC(=O)C(=O)OC.COC(=O)c1cc(-c2ccccc2)n[nH]1.NN.Nc1ccccc1N.Nc1ccccc1NC(=O)c1cc(-c2ccccc2)n[nH]1.O=C(O)c1cc(-c2ccccc2)n[nH]1.[H-].[Na+].c1ccc(-c2cc(-c3nc4ccccc4[nH]3)[nH]n2)cc1. The number of anilines is 4. The molecular weight excluding hydrogens is 1460 g/mol. The first-order valence-electron chi connectivity index (χ1n) is 33.3. The molecule has 0 aliphatic carbocycles. The number of hydrogen-bond donors (Lipinski definition) is 13. The fraction of sp³-hybridized carbons (Fsp3) is 0.0610. The van der Waals surface area contributed by atoms with Gasteiger partial charge in [-0.2, -0.15) is 20.4 Å². The normalized spacial score (nSPS) is 9.81. The minimum atomic E-state index is -1.00. The first-order valence-corrected chi connectivity index (χ1v) is 33.3. The molecule has 113 heavy (non-hydrogen) atoms. The van der Waals surface area contributed by atoms with Gasteiger partial charge in [0.25, 0.3) is 11.7 Å². The van der Waals surface area contributed by atoms with E-state index in [9.17, 15) is 43.5 Å². The van der Waals surface area contributed by atoms with Crippen molar-refractivity contribution in [2.24, 2.45) is 11.7 Å². The van der Waals surface area contributed by atoms with Crippen LogP contribution in [0.25, 0.3) is 73.3 Å². The molecule has 9 aromatic carbocycles. The number of H-pyrrole nitrogens is 5. The Morgan fingerprint density at radius 3 is 1.18 bits per heavy atom. The smallest absolute Gasteiger partial charge is 1.00 e. The first-order chi connectivity index (χ1) is 54.2. The molecule has 0 spiro atoms. The van der Waals surface area contributed by atoms with E-state index < -0.39 is 35.6 Å². The number of aromatic nitrogens is 10. The molecule has 14 rings (SSSR count). The number of ether oxygens (including phenoxy) is 4. The number of benzene rings is 9. The molecule has 0 saturated heterocycles. The summed E-state index contributed by atoms with van der Waals surface area (Å²) in [7, 11) is 4.66. The Morgan fingerprint density at radius 1 is 0.416 bits per heavy atom. The van der Waals surface area contributed by atoms with Crippen molar-refractivity contribution in [3.05, 3.63) is 313 Å². The van der Waals surface area contributed by atoms with Gasteiger partial charge in [-0.25, -0.2) is 29.0 Å². The van der Waals surface area contributed by atoms with Gasteiger partial charge in [-0.1, -0.05) is 218 Å². The summed E-state index contributed by atoms with van der Waals surface area (Å²) < 4.78 is 16.8. The predicted octanol–water partition coefficient (Wildman–Crippen LogP) is 9.50. The van der Waals surface area contributed by atoms with Crippen LogP contribution < -0.4 is 63.8 Å². The number of aliphatic hydroxyl groups is 1. The van der Waals surface area contributed by atoms with E-state index in [2.05, 4.69) is 86.7 Å². The number of hydrogen-bond acceptors (Lipinski definition) is 23. The van der Waals surface area contributed by atoms with Crippen molar-refractivity contribution in [3.63, 3.8) is 0 Å². The second-order valence-electron chi connectivity index (χ2n) is 22.4. The molecule has 0 unspecified atom stereocenters. The van der Waals surface area contributed by atoms with Gasteiger partial charge in [0.1, 0.15) is 28.5 Å². The Kier molecular flexibility index (Phi) is 37.7. The van der Waals surface area contributed by atoms with Crippen molar-refractivity contribution in [2.75, 3.05) is 51.0 Å². The average molecular weight is 1540 g/mol. The number of amides is 1. The molecule has 5 heterocycles. The Hall–Kier alpha value is -14.7. The number of nitrogens with one attached hydrogen (secondary N) is 6. The number of aromatic amines is 5. The number of carbonyl (C=O) groups excluding carboxylic acids is 7. The van der Waals surface area contributed by atoms with Crippen LogP contribution in [0.4, 0.5) is 22.7 Å². The van der Waals surface area contributed by atoms with Crippen LogP contribution in [-0.4, -0.2) is 137 Å². The second kappa shape index (κ2) is 47.9. The number of rotatable bonds is 13. The zero-order valence-corrected chi connectivity index (χ0v) is 64.1. The molecule has 0 aliphatic heterocycles. The third-order valence-electron chi connectivity index (χ3n) is 14.8. The number of ketones is 2.